The lowest BCUT2D eigenvalue weighted by Crippen LogP contribution is -2.37. The van der Waals surface area contributed by atoms with Gasteiger partial charge in [-0.2, -0.15) is 0 Å². The second kappa shape index (κ2) is 9.82. The summed E-state index contributed by atoms with van der Waals surface area (Å²) in [7, 11) is 1.44. The lowest BCUT2D eigenvalue weighted by Gasteiger charge is -2.31. The van der Waals surface area contributed by atoms with Crippen molar-refractivity contribution in [2.75, 3.05) is 33.4 Å². The molecule has 3 rings (SSSR count). The van der Waals surface area contributed by atoms with Gasteiger partial charge in [0.25, 0.3) is 0 Å². The van der Waals surface area contributed by atoms with Gasteiger partial charge in [-0.3, -0.25) is 0 Å². The number of hydrogen-bond donors (Lipinski definition) is 2. The van der Waals surface area contributed by atoms with Gasteiger partial charge in [-0.05, 0) is 56.1 Å². The van der Waals surface area contributed by atoms with Crippen LogP contribution in [0.4, 0.5) is 4.79 Å². The number of nitrogens with zero attached hydrogens (tertiary/aromatic N) is 1. The van der Waals surface area contributed by atoms with Crippen molar-refractivity contribution in [3.8, 4) is 0 Å². The quantitative estimate of drug-likeness (QED) is 0.810. The van der Waals surface area contributed by atoms with E-state index in [4.69, 9.17) is 15.2 Å². The van der Waals surface area contributed by atoms with E-state index in [1.54, 1.807) is 4.90 Å². The van der Waals surface area contributed by atoms with E-state index >= 15 is 0 Å². The van der Waals surface area contributed by atoms with Gasteiger partial charge in [-0.15, -0.1) is 0 Å². The molecule has 1 unspecified atom stereocenters. The van der Waals surface area contributed by atoms with E-state index in [-0.39, 0.29) is 12.2 Å². The molecule has 6 nitrogen and oxygen atoms in total. The Kier molecular flexibility index (Phi) is 7.20. The van der Waals surface area contributed by atoms with Gasteiger partial charge in [0.15, 0.2) is 0 Å². The van der Waals surface area contributed by atoms with Crippen molar-refractivity contribution in [3.05, 3.63) is 41.1 Å². The first-order valence-electron chi connectivity index (χ1n) is 10.3. The summed E-state index contributed by atoms with van der Waals surface area (Å²) in [5.74, 6) is 0.473. The minimum Gasteiger partial charge on any atom is -0.453 e. The van der Waals surface area contributed by atoms with Crippen molar-refractivity contribution in [2.24, 2.45) is 5.73 Å². The van der Waals surface area contributed by atoms with Crippen LogP contribution < -0.4 is 11.1 Å². The largest absolute Gasteiger partial charge is 0.453 e. The van der Waals surface area contributed by atoms with Gasteiger partial charge in [0, 0.05) is 38.0 Å². The number of methoxy groups -OCH3 is 1. The first-order chi connectivity index (χ1) is 13.6. The Bertz CT molecular complexity index is 690. The van der Waals surface area contributed by atoms with E-state index in [0.29, 0.717) is 5.92 Å². The molecule has 2 aliphatic heterocycles. The average Bonchev–Trinajstić information content (AvgIpc) is 2.74. The number of rotatable bonds is 5. The molecule has 1 atom stereocenters. The fraction of sp³-hybridized carbons (Fsp3) is 0.591. The highest BCUT2D eigenvalue weighted by Crippen LogP contribution is 2.30. The number of piperidine rings is 1. The van der Waals surface area contributed by atoms with Crippen molar-refractivity contribution >= 4 is 11.8 Å². The molecule has 28 heavy (non-hydrogen) atoms. The number of carbonyl (C=O) groups excluding carboxylic acids is 1. The summed E-state index contributed by atoms with van der Waals surface area (Å²) in [5.41, 5.74) is 10.6. The molecule has 0 aromatic heterocycles. The molecule has 2 saturated heterocycles. The van der Waals surface area contributed by atoms with Crippen molar-refractivity contribution in [3.63, 3.8) is 0 Å². The van der Waals surface area contributed by atoms with Gasteiger partial charge >= 0.3 is 6.09 Å². The molecular formula is C22H33N3O3. The molecule has 1 aromatic carbocycles. The van der Waals surface area contributed by atoms with E-state index in [9.17, 15) is 4.79 Å². The van der Waals surface area contributed by atoms with Crippen LogP contribution in [0.2, 0.25) is 0 Å². The summed E-state index contributed by atoms with van der Waals surface area (Å²) >= 11 is 0. The number of likely N-dealkylation sites (tertiary alicyclic amines) is 1. The van der Waals surface area contributed by atoms with Gasteiger partial charge in [0.2, 0.25) is 0 Å². The number of carbonyl (C=O) groups is 1. The Morgan fingerprint density at radius 2 is 2.11 bits per heavy atom. The van der Waals surface area contributed by atoms with Crippen LogP contribution in [-0.4, -0.2) is 50.4 Å². The third kappa shape index (κ3) is 5.19. The molecule has 3 N–H and O–H groups in total. The van der Waals surface area contributed by atoms with Crippen LogP contribution in [0.3, 0.4) is 0 Å². The third-order valence-corrected chi connectivity index (χ3v) is 5.84. The number of amides is 1. The number of ether oxygens (including phenoxy) is 2. The number of nitrogens with two attached hydrogens (primary N) is 1. The Morgan fingerprint density at radius 3 is 2.75 bits per heavy atom. The fourth-order valence-electron chi connectivity index (χ4n) is 4.14. The fourth-order valence-corrected chi connectivity index (χ4v) is 4.14. The lowest BCUT2D eigenvalue weighted by atomic mass is 9.87. The Labute approximate surface area is 168 Å². The predicted molar refractivity (Wildman–Crippen MR) is 111 cm³/mol. The molecule has 0 saturated carbocycles. The SMILES string of the molecule is COC(=O)N1CCC(c2ccc(/C(N)=C/NCC3CCCCO3)c(C)c2)CC1. The van der Waals surface area contributed by atoms with Crippen LogP contribution in [0.15, 0.2) is 24.4 Å². The maximum atomic E-state index is 11.6. The Balaban J connectivity index is 1.56. The van der Waals surface area contributed by atoms with Crippen molar-refractivity contribution < 1.29 is 14.3 Å². The predicted octanol–water partition coefficient (Wildman–Crippen LogP) is 3.36. The monoisotopic (exact) mass is 387 g/mol. The summed E-state index contributed by atoms with van der Waals surface area (Å²) in [5, 5.41) is 3.32. The third-order valence-electron chi connectivity index (χ3n) is 5.84. The van der Waals surface area contributed by atoms with Crippen molar-refractivity contribution in [1.82, 2.24) is 10.2 Å². The molecule has 1 amide bonds. The number of aryl methyl sites for hydroxylation is 1. The lowest BCUT2D eigenvalue weighted by molar-refractivity contribution is 0.0188. The minimum absolute atomic E-state index is 0.228. The van der Waals surface area contributed by atoms with Crippen molar-refractivity contribution in [2.45, 2.75) is 51.0 Å². The topological polar surface area (TPSA) is 76.8 Å². The van der Waals surface area contributed by atoms with Gasteiger partial charge in [0.1, 0.15) is 0 Å². The Morgan fingerprint density at radius 1 is 1.32 bits per heavy atom. The summed E-state index contributed by atoms with van der Waals surface area (Å²) in [6.45, 7) is 5.26. The first kappa shape index (κ1) is 20.5. The molecule has 2 fully saturated rings. The number of hydrogen-bond acceptors (Lipinski definition) is 5. The molecule has 0 spiro atoms. The van der Waals surface area contributed by atoms with Gasteiger partial charge in [0.05, 0.1) is 18.9 Å². The van der Waals surface area contributed by atoms with Crippen LogP contribution in [0.1, 0.15) is 54.7 Å². The van der Waals surface area contributed by atoms with E-state index in [2.05, 4.69) is 30.4 Å². The Hall–Kier alpha value is -2.21. The van der Waals surface area contributed by atoms with Gasteiger partial charge < -0.3 is 25.4 Å². The molecule has 0 radical (unpaired) electrons. The van der Waals surface area contributed by atoms with Crippen LogP contribution in [-0.2, 0) is 9.47 Å². The second-order valence-electron chi connectivity index (χ2n) is 7.80. The normalized spacial score (nSPS) is 21.4. The van der Waals surface area contributed by atoms with Crippen LogP contribution >= 0.6 is 0 Å². The maximum absolute atomic E-state index is 11.6. The van der Waals surface area contributed by atoms with Crippen LogP contribution in [0.5, 0.6) is 0 Å². The van der Waals surface area contributed by atoms with Gasteiger partial charge in [-0.1, -0.05) is 18.2 Å². The molecule has 6 heteroatoms. The summed E-state index contributed by atoms with van der Waals surface area (Å²) in [4.78, 5) is 13.4. The molecule has 154 valence electrons. The van der Waals surface area contributed by atoms with Gasteiger partial charge in [-0.25, -0.2) is 4.79 Å². The van der Waals surface area contributed by atoms with E-state index in [0.717, 1.165) is 56.8 Å². The highest BCUT2D eigenvalue weighted by molar-refractivity contribution is 5.67. The standard InChI is InChI=1S/C22H33N3O3/c1-16-13-18(17-8-10-25(11-9-17)22(26)27-2)6-7-20(16)21(23)15-24-14-19-5-3-4-12-28-19/h6-7,13,15,17,19,24H,3-5,8-12,14,23H2,1-2H3/b21-15-. The van der Waals surface area contributed by atoms with E-state index in [1.165, 1.54) is 31.1 Å². The molecular weight excluding hydrogens is 354 g/mol. The average molecular weight is 388 g/mol. The van der Waals surface area contributed by atoms with Crippen LogP contribution in [0, 0.1) is 6.92 Å². The smallest absolute Gasteiger partial charge is 0.409 e. The second-order valence-corrected chi connectivity index (χ2v) is 7.80. The highest BCUT2D eigenvalue weighted by Gasteiger charge is 2.24. The zero-order chi connectivity index (χ0) is 19.9. The number of nitrogens with one attached hydrogen (secondary N) is 1. The maximum Gasteiger partial charge on any atom is 0.409 e. The first-order valence-corrected chi connectivity index (χ1v) is 10.3. The van der Waals surface area contributed by atoms with Crippen molar-refractivity contribution in [1.29, 1.82) is 0 Å². The summed E-state index contributed by atoms with van der Waals surface area (Å²) in [6, 6.07) is 6.52. The molecule has 0 aliphatic carbocycles. The zero-order valence-corrected chi connectivity index (χ0v) is 17.1. The van der Waals surface area contributed by atoms with Crippen LogP contribution in [0.25, 0.3) is 5.70 Å². The number of benzene rings is 1. The highest BCUT2D eigenvalue weighted by atomic mass is 16.5. The van der Waals surface area contributed by atoms with E-state index < -0.39 is 0 Å². The molecule has 2 aliphatic rings. The summed E-state index contributed by atoms with van der Waals surface area (Å²) < 4.78 is 10.6. The molecule has 1 aromatic rings. The minimum atomic E-state index is -0.228. The summed E-state index contributed by atoms with van der Waals surface area (Å²) in [6.07, 6.45) is 7.40. The molecule has 0 bridgehead atoms. The van der Waals surface area contributed by atoms with E-state index in [1.807, 2.05) is 6.20 Å². The zero-order valence-electron chi connectivity index (χ0n) is 17.1. The molecule has 2 heterocycles.